The van der Waals surface area contributed by atoms with Gasteiger partial charge >= 0.3 is 0 Å². The zero-order valence-corrected chi connectivity index (χ0v) is 11.9. The van der Waals surface area contributed by atoms with Crippen LogP contribution in [0.25, 0.3) is 0 Å². The summed E-state index contributed by atoms with van der Waals surface area (Å²) in [5, 5.41) is 5.26. The first-order valence-electron chi connectivity index (χ1n) is 7.29. The Hall–Kier alpha value is -1.76. The molecule has 4 nitrogen and oxygen atoms in total. The molecule has 2 heterocycles. The number of hydrogen-bond acceptors (Lipinski definition) is 3. The van der Waals surface area contributed by atoms with Crippen LogP contribution in [-0.4, -0.2) is 31.0 Å². The van der Waals surface area contributed by atoms with E-state index < -0.39 is 42.7 Å². The highest BCUT2D eigenvalue weighted by atomic mass is 19.3. The van der Waals surface area contributed by atoms with Crippen LogP contribution in [0.1, 0.15) is 30.9 Å². The van der Waals surface area contributed by atoms with Crippen molar-refractivity contribution in [2.75, 3.05) is 13.2 Å². The smallest absolute Gasteiger partial charge is 0.262 e. The second-order valence-electron chi connectivity index (χ2n) is 5.70. The molecule has 0 aliphatic carbocycles. The number of para-hydroxylation sites is 1. The number of alkyl halides is 2. The third-order valence-electron chi connectivity index (χ3n) is 4.00. The summed E-state index contributed by atoms with van der Waals surface area (Å²) in [4.78, 5) is 12.2. The van der Waals surface area contributed by atoms with Crippen LogP contribution in [0.4, 0.5) is 13.2 Å². The highest BCUT2D eigenvalue weighted by Crippen LogP contribution is 2.34. The van der Waals surface area contributed by atoms with E-state index in [1.54, 1.807) is 12.1 Å². The Morgan fingerprint density at radius 3 is 2.95 bits per heavy atom. The molecule has 0 bridgehead atoms. The molecule has 22 heavy (non-hydrogen) atoms. The molecule has 1 amide bonds. The Morgan fingerprint density at radius 1 is 1.41 bits per heavy atom. The Morgan fingerprint density at radius 2 is 2.23 bits per heavy atom. The number of ether oxygens (including phenoxy) is 1. The lowest BCUT2D eigenvalue weighted by Crippen LogP contribution is -2.42. The van der Waals surface area contributed by atoms with E-state index in [1.807, 2.05) is 0 Å². The summed E-state index contributed by atoms with van der Waals surface area (Å²) < 4.78 is 45.6. The lowest BCUT2D eigenvalue weighted by atomic mass is 10.0. The molecule has 3 rings (SSSR count). The van der Waals surface area contributed by atoms with Gasteiger partial charge in [0.2, 0.25) is 5.91 Å². The zero-order valence-electron chi connectivity index (χ0n) is 11.9. The normalized spacial score (nSPS) is 26.7. The summed E-state index contributed by atoms with van der Waals surface area (Å²) in [7, 11) is 0. The highest BCUT2D eigenvalue weighted by molar-refractivity contribution is 5.82. The number of amides is 1. The van der Waals surface area contributed by atoms with Gasteiger partial charge in [-0.1, -0.05) is 12.1 Å². The van der Waals surface area contributed by atoms with Crippen molar-refractivity contribution in [3.05, 3.63) is 29.6 Å². The molecule has 0 saturated carbocycles. The van der Waals surface area contributed by atoms with Crippen molar-refractivity contribution in [1.82, 2.24) is 10.6 Å². The molecule has 7 heteroatoms. The predicted molar refractivity (Wildman–Crippen MR) is 73.4 cm³/mol. The lowest BCUT2D eigenvalue weighted by molar-refractivity contribution is -0.124. The lowest BCUT2D eigenvalue weighted by Gasteiger charge is -2.20. The van der Waals surface area contributed by atoms with Crippen LogP contribution in [0.15, 0.2) is 18.2 Å². The number of carbonyl (C=O) groups excluding carboxylic acids is 1. The van der Waals surface area contributed by atoms with Crippen molar-refractivity contribution in [1.29, 1.82) is 0 Å². The molecule has 2 unspecified atom stereocenters. The van der Waals surface area contributed by atoms with Gasteiger partial charge in [0.05, 0.1) is 25.2 Å². The van der Waals surface area contributed by atoms with Crippen LogP contribution in [0.3, 0.4) is 0 Å². The number of hydrogen-bond donors (Lipinski definition) is 2. The van der Waals surface area contributed by atoms with E-state index >= 15 is 0 Å². The van der Waals surface area contributed by atoms with Crippen LogP contribution in [0.2, 0.25) is 0 Å². The molecule has 1 aromatic rings. The molecule has 2 aliphatic rings. The summed E-state index contributed by atoms with van der Waals surface area (Å²) in [5.41, 5.74) is 0.551. The van der Waals surface area contributed by atoms with Gasteiger partial charge in [-0.2, -0.15) is 0 Å². The first-order valence-corrected chi connectivity index (χ1v) is 7.29. The molecule has 0 aromatic heterocycles. The predicted octanol–water partition coefficient (Wildman–Crippen LogP) is 2.15. The van der Waals surface area contributed by atoms with Gasteiger partial charge in [-0.25, -0.2) is 13.2 Å². The van der Waals surface area contributed by atoms with Gasteiger partial charge in [-0.15, -0.1) is 0 Å². The van der Waals surface area contributed by atoms with Gasteiger partial charge in [0.15, 0.2) is 11.6 Å². The number of benzene rings is 1. The largest absolute Gasteiger partial charge is 0.490 e. The maximum Gasteiger partial charge on any atom is 0.262 e. The second kappa shape index (κ2) is 5.79. The number of halogens is 3. The van der Waals surface area contributed by atoms with E-state index in [4.69, 9.17) is 4.74 Å². The minimum atomic E-state index is -2.86. The fourth-order valence-electron chi connectivity index (χ4n) is 2.89. The summed E-state index contributed by atoms with van der Waals surface area (Å²) >= 11 is 0. The van der Waals surface area contributed by atoms with Gasteiger partial charge in [0.25, 0.3) is 5.92 Å². The monoisotopic (exact) mass is 314 g/mol. The molecule has 2 N–H and O–H groups in total. The average molecular weight is 314 g/mol. The summed E-state index contributed by atoms with van der Waals surface area (Å²) in [5.74, 6) is -3.70. The first kappa shape index (κ1) is 15.1. The average Bonchev–Trinajstić information content (AvgIpc) is 2.70. The molecule has 1 fully saturated rings. The zero-order chi connectivity index (χ0) is 15.7. The minimum Gasteiger partial charge on any atom is -0.490 e. The van der Waals surface area contributed by atoms with Crippen molar-refractivity contribution in [2.24, 2.45) is 0 Å². The van der Waals surface area contributed by atoms with Crippen LogP contribution >= 0.6 is 0 Å². The molecular weight excluding hydrogens is 297 g/mol. The molecule has 2 atom stereocenters. The van der Waals surface area contributed by atoms with E-state index in [9.17, 15) is 18.0 Å². The first-order chi connectivity index (χ1) is 10.5. The van der Waals surface area contributed by atoms with Crippen molar-refractivity contribution in [2.45, 2.75) is 37.3 Å². The molecular formula is C15H17F3N2O2. The molecule has 0 radical (unpaired) electrons. The fourth-order valence-corrected chi connectivity index (χ4v) is 2.89. The van der Waals surface area contributed by atoms with Crippen molar-refractivity contribution >= 4 is 5.91 Å². The van der Waals surface area contributed by atoms with Crippen molar-refractivity contribution in [3.8, 4) is 5.75 Å². The highest BCUT2D eigenvalue weighted by Gasteiger charge is 2.42. The van der Waals surface area contributed by atoms with Gasteiger partial charge in [-0.3, -0.25) is 10.1 Å². The Kier molecular flexibility index (Phi) is 3.99. The Labute approximate surface area is 126 Å². The number of carbonyl (C=O) groups is 1. The molecule has 1 saturated heterocycles. The Balaban J connectivity index is 1.75. The van der Waals surface area contributed by atoms with Crippen molar-refractivity contribution in [3.63, 3.8) is 0 Å². The summed E-state index contributed by atoms with van der Waals surface area (Å²) in [6, 6.07) is 3.17. The molecule has 1 aromatic carbocycles. The Bertz CT molecular complexity index is 580. The third kappa shape index (κ3) is 3.04. The van der Waals surface area contributed by atoms with E-state index in [2.05, 4.69) is 10.6 Å². The minimum absolute atomic E-state index is 0.134. The van der Waals surface area contributed by atoms with E-state index in [-0.39, 0.29) is 5.75 Å². The quantitative estimate of drug-likeness (QED) is 0.879. The van der Waals surface area contributed by atoms with Crippen molar-refractivity contribution < 1.29 is 22.7 Å². The van der Waals surface area contributed by atoms with E-state index in [0.29, 0.717) is 25.0 Å². The van der Waals surface area contributed by atoms with Crippen LogP contribution in [0.5, 0.6) is 5.75 Å². The molecule has 2 aliphatic heterocycles. The van der Waals surface area contributed by atoms with Crippen LogP contribution in [0, 0.1) is 5.82 Å². The maximum absolute atomic E-state index is 13.8. The standard InChI is InChI=1S/C15H17F3N2O2/c16-10-4-1-3-9-11(5-2-6-22-13(9)10)20-14(21)12-7-15(17,18)8-19-12/h1,3-4,11-12,19H,2,5-8H2,(H,20,21). The third-order valence-corrected chi connectivity index (χ3v) is 4.00. The summed E-state index contributed by atoms with van der Waals surface area (Å²) in [6.45, 7) is -0.135. The van der Waals surface area contributed by atoms with Crippen LogP contribution in [-0.2, 0) is 4.79 Å². The SMILES string of the molecule is O=C(NC1CCCOc2c(F)cccc21)C1CC(F)(F)CN1. The van der Waals surface area contributed by atoms with Gasteiger partial charge in [0, 0.05) is 12.0 Å². The fraction of sp³-hybridized carbons (Fsp3) is 0.533. The number of rotatable bonds is 2. The van der Waals surface area contributed by atoms with Gasteiger partial charge in [0.1, 0.15) is 0 Å². The van der Waals surface area contributed by atoms with E-state index in [0.717, 1.165) is 0 Å². The van der Waals surface area contributed by atoms with Crippen LogP contribution < -0.4 is 15.4 Å². The maximum atomic E-state index is 13.8. The second-order valence-corrected chi connectivity index (χ2v) is 5.70. The topological polar surface area (TPSA) is 50.4 Å². The van der Waals surface area contributed by atoms with E-state index in [1.165, 1.54) is 6.07 Å². The number of fused-ring (bicyclic) bond motifs is 1. The number of nitrogens with one attached hydrogen (secondary N) is 2. The summed E-state index contributed by atoms with van der Waals surface area (Å²) in [6.07, 6.45) is 0.705. The van der Waals surface area contributed by atoms with Gasteiger partial charge in [-0.05, 0) is 18.9 Å². The van der Waals surface area contributed by atoms with Gasteiger partial charge < -0.3 is 10.1 Å². The molecule has 0 spiro atoms. The molecule has 120 valence electrons.